The van der Waals surface area contributed by atoms with E-state index >= 15 is 0 Å². The SMILES string of the molecule is CCc1nc(Cl)c2cc(S(=O)(=O)CC)ccc2n1. The van der Waals surface area contributed by atoms with Gasteiger partial charge in [-0.05, 0) is 18.2 Å². The van der Waals surface area contributed by atoms with Crippen molar-refractivity contribution in [2.24, 2.45) is 0 Å². The van der Waals surface area contributed by atoms with Gasteiger partial charge in [-0.25, -0.2) is 18.4 Å². The first kappa shape index (κ1) is 13.2. The third-order valence-corrected chi connectivity index (χ3v) is 4.74. The lowest BCUT2D eigenvalue weighted by Gasteiger charge is -2.05. The maximum atomic E-state index is 11.8. The van der Waals surface area contributed by atoms with Crippen molar-refractivity contribution in [3.8, 4) is 0 Å². The van der Waals surface area contributed by atoms with E-state index in [4.69, 9.17) is 11.6 Å². The molecule has 4 nitrogen and oxygen atoms in total. The van der Waals surface area contributed by atoms with Crippen LogP contribution in [0.15, 0.2) is 23.1 Å². The molecule has 0 spiro atoms. The zero-order chi connectivity index (χ0) is 13.3. The summed E-state index contributed by atoms with van der Waals surface area (Å²) in [5.74, 6) is 0.711. The molecule has 2 rings (SSSR count). The fourth-order valence-electron chi connectivity index (χ4n) is 1.63. The average Bonchev–Trinajstić information content (AvgIpc) is 2.38. The highest BCUT2D eigenvalue weighted by Gasteiger charge is 2.14. The third kappa shape index (κ3) is 2.33. The van der Waals surface area contributed by atoms with Gasteiger partial charge < -0.3 is 0 Å². The molecule has 1 aromatic heterocycles. The molecule has 0 amide bonds. The minimum atomic E-state index is -3.24. The van der Waals surface area contributed by atoms with Gasteiger partial charge in [0.1, 0.15) is 11.0 Å². The smallest absolute Gasteiger partial charge is 0.178 e. The molecule has 1 heterocycles. The number of aromatic nitrogens is 2. The quantitative estimate of drug-likeness (QED) is 0.813. The second kappa shape index (κ2) is 4.82. The highest BCUT2D eigenvalue weighted by molar-refractivity contribution is 7.91. The first-order chi connectivity index (χ1) is 8.47. The van der Waals surface area contributed by atoms with Crippen LogP contribution >= 0.6 is 11.6 Å². The summed E-state index contributed by atoms with van der Waals surface area (Å²) in [5.41, 5.74) is 0.668. The van der Waals surface area contributed by atoms with E-state index in [-0.39, 0.29) is 10.6 Å². The number of sulfone groups is 1. The second-order valence-corrected chi connectivity index (χ2v) is 6.50. The van der Waals surface area contributed by atoms with Crippen molar-refractivity contribution in [3.63, 3.8) is 0 Å². The van der Waals surface area contributed by atoms with Crippen LogP contribution in [-0.4, -0.2) is 24.1 Å². The topological polar surface area (TPSA) is 59.9 Å². The van der Waals surface area contributed by atoms with Crippen molar-refractivity contribution >= 4 is 32.3 Å². The molecule has 0 saturated carbocycles. The van der Waals surface area contributed by atoms with Crippen LogP contribution in [0.2, 0.25) is 5.15 Å². The Hall–Kier alpha value is -1.20. The highest BCUT2D eigenvalue weighted by atomic mass is 35.5. The largest absolute Gasteiger partial charge is 0.233 e. The Bertz CT molecular complexity index is 699. The van der Waals surface area contributed by atoms with Crippen LogP contribution in [0.1, 0.15) is 19.7 Å². The van der Waals surface area contributed by atoms with Crippen LogP contribution in [0, 0.1) is 0 Å². The van der Waals surface area contributed by atoms with E-state index in [1.807, 2.05) is 6.92 Å². The number of fused-ring (bicyclic) bond motifs is 1. The molecule has 0 aliphatic carbocycles. The first-order valence-corrected chi connectivity index (χ1v) is 7.70. The molecule has 0 unspecified atom stereocenters. The van der Waals surface area contributed by atoms with Gasteiger partial charge in [0, 0.05) is 11.8 Å². The Morgan fingerprint density at radius 1 is 1.22 bits per heavy atom. The predicted octanol–water partition coefficient (Wildman–Crippen LogP) is 2.64. The van der Waals surface area contributed by atoms with Crippen molar-refractivity contribution in [2.75, 3.05) is 5.75 Å². The number of nitrogens with zero attached hydrogens (tertiary/aromatic N) is 2. The van der Waals surface area contributed by atoms with E-state index in [0.29, 0.717) is 28.3 Å². The summed E-state index contributed by atoms with van der Waals surface area (Å²) in [7, 11) is -3.24. The van der Waals surface area contributed by atoms with Gasteiger partial charge in [0.05, 0.1) is 16.2 Å². The molecule has 0 N–H and O–H groups in total. The van der Waals surface area contributed by atoms with Crippen molar-refractivity contribution in [2.45, 2.75) is 25.2 Å². The number of hydrogen-bond acceptors (Lipinski definition) is 4. The van der Waals surface area contributed by atoms with Gasteiger partial charge in [0.2, 0.25) is 0 Å². The van der Waals surface area contributed by atoms with E-state index in [1.165, 1.54) is 6.07 Å². The van der Waals surface area contributed by atoms with Crippen molar-refractivity contribution in [1.29, 1.82) is 0 Å². The molecule has 0 atom stereocenters. The molecule has 0 saturated heterocycles. The molecule has 0 fully saturated rings. The zero-order valence-corrected chi connectivity index (χ0v) is 11.7. The molecular weight excluding hydrogens is 272 g/mol. The monoisotopic (exact) mass is 284 g/mol. The average molecular weight is 285 g/mol. The van der Waals surface area contributed by atoms with Gasteiger partial charge in [0.25, 0.3) is 0 Å². The Labute approximate surface area is 111 Å². The van der Waals surface area contributed by atoms with Crippen LogP contribution in [0.3, 0.4) is 0 Å². The summed E-state index contributed by atoms with van der Waals surface area (Å²) in [6, 6.07) is 4.77. The number of hydrogen-bond donors (Lipinski definition) is 0. The van der Waals surface area contributed by atoms with Gasteiger partial charge in [-0.3, -0.25) is 0 Å². The standard InChI is InChI=1S/C12H13ClN2O2S/c1-3-11-14-10-6-5-8(18(16,17)4-2)7-9(10)12(13)15-11/h5-7H,3-4H2,1-2H3. The van der Waals surface area contributed by atoms with Gasteiger partial charge in [-0.15, -0.1) is 0 Å². The second-order valence-electron chi connectivity index (χ2n) is 3.87. The summed E-state index contributed by atoms with van der Waals surface area (Å²) in [6.45, 7) is 3.55. The highest BCUT2D eigenvalue weighted by Crippen LogP contribution is 2.24. The normalized spacial score (nSPS) is 11.9. The summed E-state index contributed by atoms with van der Waals surface area (Å²) >= 11 is 6.06. The fraction of sp³-hybridized carbons (Fsp3) is 0.333. The summed E-state index contributed by atoms with van der Waals surface area (Å²) in [4.78, 5) is 8.70. The van der Waals surface area contributed by atoms with E-state index in [1.54, 1.807) is 19.1 Å². The number of benzene rings is 1. The lowest BCUT2D eigenvalue weighted by Crippen LogP contribution is -2.04. The Balaban J connectivity index is 2.70. The Kier molecular flexibility index (Phi) is 3.54. The number of aryl methyl sites for hydroxylation is 1. The lowest BCUT2D eigenvalue weighted by molar-refractivity contribution is 0.597. The van der Waals surface area contributed by atoms with Crippen LogP contribution in [0.5, 0.6) is 0 Å². The number of rotatable bonds is 3. The van der Waals surface area contributed by atoms with E-state index in [9.17, 15) is 8.42 Å². The Morgan fingerprint density at radius 3 is 2.56 bits per heavy atom. The predicted molar refractivity (Wildman–Crippen MR) is 71.7 cm³/mol. The van der Waals surface area contributed by atoms with Crippen LogP contribution in [0.4, 0.5) is 0 Å². The molecule has 2 aromatic rings. The fourth-order valence-corrected chi connectivity index (χ4v) is 2.79. The van der Waals surface area contributed by atoms with E-state index < -0.39 is 9.84 Å². The van der Waals surface area contributed by atoms with Crippen molar-refractivity contribution in [3.05, 3.63) is 29.2 Å². The Morgan fingerprint density at radius 2 is 1.94 bits per heavy atom. The summed E-state index contributed by atoms with van der Waals surface area (Å²) in [5, 5.41) is 0.869. The minimum absolute atomic E-state index is 0.0596. The van der Waals surface area contributed by atoms with E-state index in [2.05, 4.69) is 9.97 Å². The molecule has 18 heavy (non-hydrogen) atoms. The van der Waals surface area contributed by atoms with Crippen molar-refractivity contribution < 1.29 is 8.42 Å². The van der Waals surface area contributed by atoms with Gasteiger partial charge in [-0.2, -0.15) is 0 Å². The molecule has 0 aliphatic heterocycles. The van der Waals surface area contributed by atoms with Gasteiger partial charge >= 0.3 is 0 Å². The minimum Gasteiger partial charge on any atom is -0.233 e. The van der Waals surface area contributed by atoms with Crippen molar-refractivity contribution in [1.82, 2.24) is 9.97 Å². The third-order valence-electron chi connectivity index (χ3n) is 2.72. The van der Waals surface area contributed by atoms with Gasteiger partial charge in [-0.1, -0.05) is 25.4 Å². The van der Waals surface area contributed by atoms with Crippen LogP contribution < -0.4 is 0 Å². The van der Waals surface area contributed by atoms with Gasteiger partial charge in [0.15, 0.2) is 9.84 Å². The maximum absolute atomic E-state index is 11.8. The van der Waals surface area contributed by atoms with Crippen LogP contribution in [-0.2, 0) is 16.3 Å². The van der Waals surface area contributed by atoms with Crippen LogP contribution in [0.25, 0.3) is 10.9 Å². The first-order valence-electron chi connectivity index (χ1n) is 5.67. The molecule has 96 valence electrons. The molecule has 0 aliphatic rings. The lowest BCUT2D eigenvalue weighted by atomic mass is 10.2. The molecule has 0 radical (unpaired) electrons. The molecule has 1 aromatic carbocycles. The molecule has 0 bridgehead atoms. The number of halogens is 1. The molecular formula is C12H13ClN2O2S. The molecule has 6 heteroatoms. The zero-order valence-electron chi connectivity index (χ0n) is 10.1. The summed E-state index contributed by atoms with van der Waals surface area (Å²) < 4.78 is 23.6. The van der Waals surface area contributed by atoms with E-state index in [0.717, 1.165) is 0 Å². The maximum Gasteiger partial charge on any atom is 0.178 e. The summed E-state index contributed by atoms with van der Waals surface area (Å²) in [6.07, 6.45) is 0.685.